The predicted molar refractivity (Wildman–Crippen MR) is 59.2 cm³/mol. The Hall–Kier alpha value is -1.42. The lowest BCUT2D eigenvalue weighted by Gasteiger charge is -2.27. The molecule has 4 heteroatoms. The number of carbonyl (C=O) groups is 1. The average Bonchev–Trinajstić information content (AvgIpc) is 2.25. The van der Waals surface area contributed by atoms with E-state index in [0.717, 1.165) is 6.29 Å². The third kappa shape index (κ3) is 2.76. The lowest BCUT2D eigenvalue weighted by molar-refractivity contribution is 0.112. The molecule has 4 nitrogen and oxygen atoms in total. The molecule has 82 valence electrons. The number of rotatable bonds is 5. The molecule has 15 heavy (non-hydrogen) atoms. The van der Waals surface area contributed by atoms with Crippen molar-refractivity contribution >= 4 is 12.1 Å². The first kappa shape index (κ1) is 11.7. The maximum Gasteiger partial charge on any atom is 0.153 e. The second kappa shape index (κ2) is 5.46. The summed E-state index contributed by atoms with van der Waals surface area (Å²) in [5.41, 5.74) is 0.555. The monoisotopic (exact) mass is 208 g/mol. The van der Waals surface area contributed by atoms with Gasteiger partial charge in [-0.2, -0.15) is 0 Å². The SMILES string of the molecule is CC(C)N(CCO)c1ncccc1C=O. The molecular weight excluding hydrogens is 192 g/mol. The van der Waals surface area contributed by atoms with Crippen molar-refractivity contribution in [2.75, 3.05) is 18.1 Å². The number of anilines is 1. The van der Waals surface area contributed by atoms with Gasteiger partial charge in [0.15, 0.2) is 6.29 Å². The Morgan fingerprint density at radius 2 is 2.33 bits per heavy atom. The van der Waals surface area contributed by atoms with Crippen LogP contribution in [0.15, 0.2) is 18.3 Å². The topological polar surface area (TPSA) is 53.4 Å². The summed E-state index contributed by atoms with van der Waals surface area (Å²) in [6, 6.07) is 3.65. The molecule has 0 atom stereocenters. The summed E-state index contributed by atoms with van der Waals surface area (Å²) in [5, 5.41) is 8.95. The van der Waals surface area contributed by atoms with Crippen molar-refractivity contribution < 1.29 is 9.90 Å². The van der Waals surface area contributed by atoms with E-state index in [1.807, 2.05) is 18.7 Å². The van der Waals surface area contributed by atoms with E-state index in [1.165, 1.54) is 0 Å². The molecule has 0 aromatic carbocycles. The Balaban J connectivity index is 3.04. The fourth-order valence-electron chi connectivity index (χ4n) is 1.46. The summed E-state index contributed by atoms with van der Waals surface area (Å²) in [7, 11) is 0. The molecule has 0 aliphatic rings. The van der Waals surface area contributed by atoms with Gasteiger partial charge in [0.05, 0.1) is 12.2 Å². The second-order valence-corrected chi connectivity index (χ2v) is 3.54. The normalized spacial score (nSPS) is 10.4. The largest absolute Gasteiger partial charge is 0.395 e. The number of hydrogen-bond donors (Lipinski definition) is 1. The minimum absolute atomic E-state index is 0.0487. The highest BCUT2D eigenvalue weighted by Crippen LogP contribution is 2.17. The average molecular weight is 208 g/mol. The Bertz CT molecular complexity index is 326. The van der Waals surface area contributed by atoms with Gasteiger partial charge in [0.2, 0.25) is 0 Å². The van der Waals surface area contributed by atoms with Gasteiger partial charge in [-0.3, -0.25) is 4.79 Å². The Kier molecular flexibility index (Phi) is 4.24. The van der Waals surface area contributed by atoms with E-state index in [4.69, 9.17) is 5.11 Å². The van der Waals surface area contributed by atoms with E-state index in [0.29, 0.717) is 17.9 Å². The molecule has 0 aliphatic heterocycles. The van der Waals surface area contributed by atoms with Crippen LogP contribution in [-0.4, -0.2) is 35.6 Å². The number of nitrogens with zero attached hydrogens (tertiary/aromatic N) is 2. The number of aldehydes is 1. The zero-order chi connectivity index (χ0) is 11.3. The van der Waals surface area contributed by atoms with Gasteiger partial charge in [-0.05, 0) is 26.0 Å². The molecular formula is C11H16N2O2. The van der Waals surface area contributed by atoms with E-state index >= 15 is 0 Å². The molecule has 0 saturated carbocycles. The van der Waals surface area contributed by atoms with Gasteiger partial charge >= 0.3 is 0 Å². The lowest BCUT2D eigenvalue weighted by atomic mass is 10.2. The first-order valence-electron chi connectivity index (χ1n) is 4.98. The molecule has 0 amide bonds. The maximum atomic E-state index is 10.8. The van der Waals surface area contributed by atoms with Gasteiger partial charge in [0.1, 0.15) is 5.82 Å². The standard InChI is InChI=1S/C11H16N2O2/c1-9(2)13(6-7-14)11-10(8-15)4-3-5-12-11/h3-5,8-9,14H,6-7H2,1-2H3. The zero-order valence-corrected chi connectivity index (χ0v) is 9.05. The van der Waals surface area contributed by atoms with Crippen LogP contribution in [0.1, 0.15) is 24.2 Å². The molecule has 0 spiro atoms. The lowest BCUT2D eigenvalue weighted by Crippen LogP contribution is -2.34. The molecule has 0 fully saturated rings. The summed E-state index contributed by atoms with van der Waals surface area (Å²) in [5.74, 6) is 0.636. The van der Waals surface area contributed by atoms with Gasteiger partial charge in [-0.1, -0.05) is 0 Å². The van der Waals surface area contributed by atoms with E-state index in [-0.39, 0.29) is 12.6 Å². The van der Waals surface area contributed by atoms with Crippen molar-refractivity contribution in [3.8, 4) is 0 Å². The van der Waals surface area contributed by atoms with Gasteiger partial charge < -0.3 is 10.0 Å². The second-order valence-electron chi connectivity index (χ2n) is 3.54. The summed E-state index contributed by atoms with van der Waals surface area (Å²) < 4.78 is 0. The van der Waals surface area contributed by atoms with Crippen molar-refractivity contribution in [3.63, 3.8) is 0 Å². The molecule has 0 unspecified atom stereocenters. The third-order valence-electron chi connectivity index (χ3n) is 2.18. The van der Waals surface area contributed by atoms with Crippen LogP contribution in [-0.2, 0) is 0 Å². The summed E-state index contributed by atoms with van der Waals surface area (Å²) >= 11 is 0. The zero-order valence-electron chi connectivity index (χ0n) is 9.05. The number of aliphatic hydroxyl groups excluding tert-OH is 1. The number of aromatic nitrogens is 1. The first-order valence-corrected chi connectivity index (χ1v) is 4.98. The van der Waals surface area contributed by atoms with Gasteiger partial charge in [0, 0.05) is 18.8 Å². The fraction of sp³-hybridized carbons (Fsp3) is 0.455. The number of carbonyl (C=O) groups excluding carboxylic acids is 1. The Morgan fingerprint density at radius 1 is 1.60 bits per heavy atom. The first-order chi connectivity index (χ1) is 7.20. The molecule has 0 radical (unpaired) electrons. The summed E-state index contributed by atoms with van der Waals surface area (Å²) in [6.07, 6.45) is 2.43. The molecule has 1 rings (SSSR count). The smallest absolute Gasteiger partial charge is 0.153 e. The van der Waals surface area contributed by atoms with E-state index in [1.54, 1.807) is 18.3 Å². The highest BCUT2D eigenvalue weighted by atomic mass is 16.3. The minimum atomic E-state index is 0.0487. The van der Waals surface area contributed by atoms with Crippen LogP contribution in [0.3, 0.4) is 0 Å². The summed E-state index contributed by atoms with van der Waals surface area (Å²) in [6.45, 7) is 4.53. The number of aliphatic hydroxyl groups is 1. The van der Waals surface area contributed by atoms with Crippen LogP contribution in [0.5, 0.6) is 0 Å². The van der Waals surface area contributed by atoms with Crippen LogP contribution in [0, 0.1) is 0 Å². The quantitative estimate of drug-likeness (QED) is 0.736. The van der Waals surface area contributed by atoms with E-state index < -0.39 is 0 Å². The molecule has 1 aromatic rings. The van der Waals surface area contributed by atoms with Gasteiger partial charge in [-0.25, -0.2) is 4.98 Å². The Morgan fingerprint density at radius 3 is 2.87 bits per heavy atom. The number of hydrogen-bond acceptors (Lipinski definition) is 4. The van der Waals surface area contributed by atoms with Crippen LogP contribution in [0.2, 0.25) is 0 Å². The van der Waals surface area contributed by atoms with Crippen LogP contribution < -0.4 is 4.90 Å². The molecule has 0 aliphatic carbocycles. The van der Waals surface area contributed by atoms with Crippen molar-refractivity contribution in [2.24, 2.45) is 0 Å². The molecule has 0 bridgehead atoms. The van der Waals surface area contributed by atoms with Crippen molar-refractivity contribution in [3.05, 3.63) is 23.9 Å². The predicted octanol–water partition coefficient (Wildman–Crippen LogP) is 1.10. The van der Waals surface area contributed by atoms with Crippen molar-refractivity contribution in [1.82, 2.24) is 4.98 Å². The molecule has 1 aromatic heterocycles. The highest BCUT2D eigenvalue weighted by molar-refractivity contribution is 5.82. The van der Waals surface area contributed by atoms with E-state index in [2.05, 4.69) is 4.98 Å². The molecule has 0 saturated heterocycles. The minimum Gasteiger partial charge on any atom is -0.395 e. The van der Waals surface area contributed by atoms with Crippen molar-refractivity contribution in [2.45, 2.75) is 19.9 Å². The van der Waals surface area contributed by atoms with E-state index in [9.17, 15) is 4.79 Å². The number of pyridine rings is 1. The molecule has 1 heterocycles. The van der Waals surface area contributed by atoms with Gasteiger partial charge in [0.25, 0.3) is 0 Å². The fourth-order valence-corrected chi connectivity index (χ4v) is 1.46. The van der Waals surface area contributed by atoms with Crippen LogP contribution >= 0.6 is 0 Å². The van der Waals surface area contributed by atoms with Crippen LogP contribution in [0.25, 0.3) is 0 Å². The van der Waals surface area contributed by atoms with Crippen LogP contribution in [0.4, 0.5) is 5.82 Å². The summed E-state index contributed by atoms with van der Waals surface area (Å²) in [4.78, 5) is 16.9. The molecule has 1 N–H and O–H groups in total. The third-order valence-corrected chi connectivity index (χ3v) is 2.18. The highest BCUT2D eigenvalue weighted by Gasteiger charge is 2.14. The van der Waals surface area contributed by atoms with Crippen molar-refractivity contribution in [1.29, 1.82) is 0 Å². The van der Waals surface area contributed by atoms with Gasteiger partial charge in [-0.15, -0.1) is 0 Å². The Labute approximate surface area is 89.6 Å². The maximum absolute atomic E-state index is 10.8.